The summed E-state index contributed by atoms with van der Waals surface area (Å²) >= 11 is 0. The normalized spacial score (nSPS) is 32.9. The molecule has 5 nitrogen and oxygen atoms in total. The number of Topliss-reactive ketones (excluding diaryl/α,β-unsaturated/α-hetero) is 1. The quantitative estimate of drug-likeness (QED) is 0.755. The van der Waals surface area contributed by atoms with Crippen molar-refractivity contribution in [1.29, 1.82) is 0 Å². The van der Waals surface area contributed by atoms with Crippen molar-refractivity contribution in [2.75, 3.05) is 0 Å². The summed E-state index contributed by atoms with van der Waals surface area (Å²) in [5, 5.41) is 2.75. The van der Waals surface area contributed by atoms with Gasteiger partial charge in [0.1, 0.15) is 5.60 Å². The van der Waals surface area contributed by atoms with Gasteiger partial charge in [-0.05, 0) is 40.7 Å². The highest BCUT2D eigenvalue weighted by atomic mass is 16.6. The molecule has 1 fully saturated rings. The summed E-state index contributed by atoms with van der Waals surface area (Å²) in [6.45, 7) is 12.7. The average Bonchev–Trinajstić information content (AvgIpc) is 2.68. The summed E-state index contributed by atoms with van der Waals surface area (Å²) in [6.07, 6.45) is 2.69. The van der Waals surface area contributed by atoms with Crippen LogP contribution < -0.4 is 5.32 Å². The molecule has 1 saturated heterocycles. The molecule has 0 aliphatic carbocycles. The summed E-state index contributed by atoms with van der Waals surface area (Å²) in [5.74, 6) is 0.0623. The monoisotopic (exact) mass is 295 g/mol. The SMILES string of the molecule is CC(C)(C)OC(=O)N[C@@]12C=C[C@@H](O1)C(C)(C)C(=O)C2(C)C. The number of nitrogens with one attached hydrogen (secondary N) is 1. The number of alkyl carbamates (subject to hydrolysis) is 1. The molecular formula is C16H25NO4. The molecule has 5 heteroatoms. The Morgan fingerprint density at radius 3 is 2.38 bits per heavy atom. The Hall–Kier alpha value is -1.36. The van der Waals surface area contributed by atoms with Gasteiger partial charge in [0.2, 0.25) is 0 Å². The largest absolute Gasteiger partial charge is 0.444 e. The van der Waals surface area contributed by atoms with Crippen LogP contribution >= 0.6 is 0 Å². The summed E-state index contributed by atoms with van der Waals surface area (Å²) in [5.41, 5.74) is -3.25. The fourth-order valence-corrected chi connectivity index (χ4v) is 3.03. The third kappa shape index (κ3) is 2.37. The lowest BCUT2D eigenvalue weighted by molar-refractivity contribution is -0.198. The molecule has 0 unspecified atom stereocenters. The van der Waals surface area contributed by atoms with Crippen LogP contribution in [-0.2, 0) is 14.3 Å². The van der Waals surface area contributed by atoms with Crippen molar-refractivity contribution in [3.05, 3.63) is 12.2 Å². The molecule has 0 radical (unpaired) electrons. The van der Waals surface area contributed by atoms with Crippen LogP contribution in [0.3, 0.4) is 0 Å². The van der Waals surface area contributed by atoms with Gasteiger partial charge in [-0.2, -0.15) is 0 Å². The van der Waals surface area contributed by atoms with Gasteiger partial charge in [0.25, 0.3) is 0 Å². The van der Waals surface area contributed by atoms with Gasteiger partial charge in [-0.1, -0.05) is 19.9 Å². The summed E-state index contributed by atoms with van der Waals surface area (Å²) in [4.78, 5) is 24.9. The molecule has 0 spiro atoms. The van der Waals surface area contributed by atoms with Crippen LogP contribution in [0.1, 0.15) is 48.5 Å². The summed E-state index contributed by atoms with van der Waals surface area (Å²) in [7, 11) is 0. The molecule has 2 rings (SSSR count). The molecule has 2 aliphatic rings. The van der Waals surface area contributed by atoms with Crippen molar-refractivity contribution in [3.8, 4) is 0 Å². The van der Waals surface area contributed by atoms with E-state index in [0.717, 1.165) is 0 Å². The van der Waals surface area contributed by atoms with Crippen LogP contribution in [0.5, 0.6) is 0 Å². The fourth-order valence-electron chi connectivity index (χ4n) is 3.03. The van der Waals surface area contributed by atoms with Crippen molar-refractivity contribution in [2.24, 2.45) is 10.8 Å². The predicted molar refractivity (Wildman–Crippen MR) is 78.7 cm³/mol. The second-order valence-electron chi connectivity index (χ2n) is 7.94. The molecule has 1 amide bonds. The van der Waals surface area contributed by atoms with Crippen molar-refractivity contribution in [2.45, 2.75) is 65.9 Å². The lowest BCUT2D eigenvalue weighted by atomic mass is 9.65. The van der Waals surface area contributed by atoms with Gasteiger partial charge < -0.3 is 9.47 Å². The van der Waals surface area contributed by atoms with Gasteiger partial charge in [0, 0.05) is 0 Å². The highest BCUT2D eigenvalue weighted by Gasteiger charge is 2.64. The Morgan fingerprint density at radius 2 is 1.86 bits per heavy atom. The molecule has 1 N–H and O–H groups in total. The highest BCUT2D eigenvalue weighted by molar-refractivity contribution is 5.93. The van der Waals surface area contributed by atoms with E-state index in [9.17, 15) is 9.59 Å². The zero-order valence-electron chi connectivity index (χ0n) is 13.9. The van der Waals surface area contributed by atoms with E-state index < -0.39 is 28.2 Å². The summed E-state index contributed by atoms with van der Waals surface area (Å²) < 4.78 is 11.3. The number of hydrogen-bond acceptors (Lipinski definition) is 4. The molecule has 0 aromatic carbocycles. The van der Waals surface area contributed by atoms with Gasteiger partial charge in [-0.3, -0.25) is 10.1 Å². The first-order chi connectivity index (χ1) is 9.32. The minimum atomic E-state index is -1.15. The van der Waals surface area contributed by atoms with Gasteiger partial charge >= 0.3 is 6.09 Å². The number of ketones is 1. The van der Waals surface area contributed by atoms with Gasteiger partial charge in [-0.15, -0.1) is 0 Å². The molecule has 0 saturated carbocycles. The Labute approximate surface area is 126 Å². The average molecular weight is 295 g/mol. The zero-order chi connectivity index (χ0) is 16.3. The molecule has 118 valence electrons. The Morgan fingerprint density at radius 1 is 1.29 bits per heavy atom. The second-order valence-corrected chi connectivity index (χ2v) is 7.94. The van der Waals surface area contributed by atoms with E-state index in [1.54, 1.807) is 40.7 Å². The van der Waals surface area contributed by atoms with E-state index in [1.165, 1.54) is 0 Å². The number of ether oxygens (including phenoxy) is 2. The number of carbonyl (C=O) groups excluding carboxylic acids is 2. The van der Waals surface area contributed by atoms with E-state index in [4.69, 9.17) is 9.47 Å². The number of fused-ring (bicyclic) bond motifs is 2. The molecule has 0 aromatic heterocycles. The van der Waals surface area contributed by atoms with E-state index >= 15 is 0 Å². The first kappa shape index (κ1) is 16.0. The van der Waals surface area contributed by atoms with Gasteiger partial charge in [0.15, 0.2) is 11.5 Å². The minimum Gasteiger partial charge on any atom is -0.444 e. The van der Waals surface area contributed by atoms with Crippen LogP contribution in [0.25, 0.3) is 0 Å². The maximum Gasteiger partial charge on any atom is 0.410 e. The van der Waals surface area contributed by atoms with E-state index in [2.05, 4.69) is 5.32 Å². The highest BCUT2D eigenvalue weighted by Crippen LogP contribution is 2.52. The number of hydrogen-bond donors (Lipinski definition) is 1. The van der Waals surface area contributed by atoms with Crippen LogP contribution in [0, 0.1) is 10.8 Å². The van der Waals surface area contributed by atoms with E-state index in [1.807, 2.05) is 19.9 Å². The van der Waals surface area contributed by atoms with Crippen LogP contribution in [0.2, 0.25) is 0 Å². The van der Waals surface area contributed by atoms with Gasteiger partial charge in [0.05, 0.1) is 16.9 Å². The van der Waals surface area contributed by atoms with Crippen LogP contribution in [0.15, 0.2) is 12.2 Å². The van der Waals surface area contributed by atoms with Crippen molar-refractivity contribution in [3.63, 3.8) is 0 Å². The maximum absolute atomic E-state index is 12.8. The topological polar surface area (TPSA) is 64.6 Å². The maximum atomic E-state index is 12.8. The number of rotatable bonds is 1. The van der Waals surface area contributed by atoms with Crippen molar-refractivity contribution >= 4 is 11.9 Å². The molecule has 2 aliphatic heterocycles. The van der Waals surface area contributed by atoms with E-state index in [-0.39, 0.29) is 11.9 Å². The molecule has 2 atom stereocenters. The Balaban J connectivity index is 2.30. The second kappa shape index (κ2) is 4.32. The predicted octanol–water partition coefficient (Wildman–Crippen LogP) is 2.80. The Bertz CT molecular complexity index is 513. The zero-order valence-corrected chi connectivity index (χ0v) is 13.9. The molecule has 2 bridgehead atoms. The molecule has 21 heavy (non-hydrogen) atoms. The van der Waals surface area contributed by atoms with Crippen LogP contribution in [-0.4, -0.2) is 29.3 Å². The number of amides is 1. The first-order valence-corrected chi connectivity index (χ1v) is 7.25. The lowest BCUT2D eigenvalue weighted by Gasteiger charge is -2.51. The third-order valence-corrected chi connectivity index (χ3v) is 4.30. The molecule has 0 aromatic rings. The smallest absolute Gasteiger partial charge is 0.410 e. The fraction of sp³-hybridized carbons (Fsp3) is 0.750. The molecule has 2 heterocycles. The molecular weight excluding hydrogens is 270 g/mol. The van der Waals surface area contributed by atoms with Gasteiger partial charge in [-0.25, -0.2) is 4.79 Å². The van der Waals surface area contributed by atoms with Crippen molar-refractivity contribution < 1.29 is 19.1 Å². The summed E-state index contributed by atoms with van der Waals surface area (Å²) in [6, 6.07) is 0. The van der Waals surface area contributed by atoms with E-state index in [0.29, 0.717) is 0 Å². The van der Waals surface area contributed by atoms with Crippen LogP contribution in [0.4, 0.5) is 4.79 Å². The first-order valence-electron chi connectivity index (χ1n) is 7.25. The number of carbonyl (C=O) groups is 2. The standard InChI is InChI=1S/C16H25NO4/c1-13(2,3)21-12(19)17-16-9-8-10(20-16)14(4,5)11(18)15(16,6)7/h8-10H,1-7H3,(H,17,19)/t10-,16+/m1/s1. The van der Waals surface area contributed by atoms with Crippen molar-refractivity contribution in [1.82, 2.24) is 5.32 Å². The Kier molecular flexibility index (Phi) is 3.30. The minimum absolute atomic E-state index is 0.0623. The third-order valence-electron chi connectivity index (χ3n) is 4.30. The lowest BCUT2D eigenvalue weighted by Crippen LogP contribution is -2.67.